The number of halogens is 1. The number of anilines is 1. The first-order chi connectivity index (χ1) is 10.7. The largest absolute Gasteiger partial charge is 0.381 e. The van der Waals surface area contributed by atoms with Gasteiger partial charge < -0.3 is 19.7 Å². The molecule has 1 saturated heterocycles. The maximum atomic E-state index is 12.6. The quantitative estimate of drug-likeness (QED) is 0.913. The van der Waals surface area contributed by atoms with E-state index in [4.69, 9.17) is 21.1 Å². The van der Waals surface area contributed by atoms with Crippen LogP contribution in [-0.4, -0.2) is 49.9 Å². The van der Waals surface area contributed by atoms with Crippen molar-refractivity contribution in [2.24, 2.45) is 5.92 Å². The van der Waals surface area contributed by atoms with E-state index in [-0.39, 0.29) is 18.2 Å². The number of morpholine rings is 1. The summed E-state index contributed by atoms with van der Waals surface area (Å²) in [7, 11) is 1.75. The number of amides is 2. The van der Waals surface area contributed by atoms with Gasteiger partial charge in [-0.1, -0.05) is 18.0 Å². The van der Waals surface area contributed by atoms with Crippen molar-refractivity contribution in [1.82, 2.24) is 4.90 Å². The molecule has 22 heavy (non-hydrogen) atoms. The number of ether oxygens (including phenoxy) is 2. The van der Waals surface area contributed by atoms with Crippen LogP contribution < -0.4 is 5.32 Å². The van der Waals surface area contributed by atoms with E-state index in [0.717, 1.165) is 19.3 Å². The number of nitrogens with one attached hydrogen (secondary N) is 1. The Morgan fingerprint density at radius 3 is 3.14 bits per heavy atom. The standard InChI is InChI=1S/C15H21ClN2O3S/c1-20-13-4-2-3-10(13)12-9-21-7-6-18(12)15(19)17-11-5-8-22-14(11)16/h5,8,10,12-13H,2-4,6-7,9H2,1H3,(H,17,19)/t10-,12+,13+/m0/s1. The lowest BCUT2D eigenvalue weighted by molar-refractivity contribution is -0.0379. The minimum Gasteiger partial charge on any atom is -0.381 e. The molecule has 0 spiro atoms. The molecule has 2 amide bonds. The molecule has 5 nitrogen and oxygen atoms in total. The molecule has 1 aliphatic heterocycles. The number of methoxy groups -OCH3 is 1. The third-order valence-corrected chi connectivity index (χ3v) is 5.76. The van der Waals surface area contributed by atoms with E-state index >= 15 is 0 Å². The van der Waals surface area contributed by atoms with Crippen molar-refractivity contribution in [1.29, 1.82) is 0 Å². The lowest BCUT2D eigenvalue weighted by Gasteiger charge is -2.40. The second-order valence-electron chi connectivity index (χ2n) is 5.74. The van der Waals surface area contributed by atoms with E-state index < -0.39 is 0 Å². The summed E-state index contributed by atoms with van der Waals surface area (Å²) in [5.74, 6) is 0.342. The van der Waals surface area contributed by atoms with Crippen molar-refractivity contribution >= 4 is 34.7 Å². The van der Waals surface area contributed by atoms with Gasteiger partial charge in [0.25, 0.3) is 0 Å². The highest BCUT2D eigenvalue weighted by Crippen LogP contribution is 2.34. The first-order valence-corrected chi connectivity index (χ1v) is 8.87. The molecule has 1 N–H and O–H groups in total. The molecule has 1 aromatic rings. The molecule has 1 aliphatic carbocycles. The number of hydrogen-bond acceptors (Lipinski definition) is 4. The third kappa shape index (κ3) is 3.25. The molecule has 1 saturated carbocycles. The lowest BCUT2D eigenvalue weighted by atomic mass is 9.94. The number of rotatable bonds is 3. The minimum absolute atomic E-state index is 0.0682. The molecule has 122 valence electrons. The summed E-state index contributed by atoms with van der Waals surface area (Å²) in [5, 5.41) is 4.78. The van der Waals surface area contributed by atoms with Crippen molar-refractivity contribution < 1.29 is 14.3 Å². The van der Waals surface area contributed by atoms with Crippen molar-refractivity contribution in [3.05, 3.63) is 15.8 Å². The summed E-state index contributed by atoms with van der Waals surface area (Å²) in [6.45, 7) is 1.76. The predicted molar refractivity (Wildman–Crippen MR) is 87.8 cm³/mol. The number of carbonyl (C=O) groups excluding carboxylic acids is 1. The Hall–Kier alpha value is -0.820. The van der Waals surface area contributed by atoms with Gasteiger partial charge in [0.1, 0.15) is 4.34 Å². The molecule has 0 aromatic carbocycles. The SMILES string of the molecule is CO[C@@H]1CCC[C@H]1[C@H]1COCCN1C(=O)Nc1ccsc1Cl. The van der Waals surface area contributed by atoms with Crippen LogP contribution in [0.2, 0.25) is 4.34 Å². The molecule has 2 heterocycles. The van der Waals surface area contributed by atoms with Crippen molar-refractivity contribution in [3.8, 4) is 0 Å². The normalized spacial score (nSPS) is 28.8. The van der Waals surface area contributed by atoms with Crippen molar-refractivity contribution in [2.45, 2.75) is 31.4 Å². The molecule has 0 unspecified atom stereocenters. The van der Waals surface area contributed by atoms with Crippen molar-refractivity contribution in [3.63, 3.8) is 0 Å². The zero-order chi connectivity index (χ0) is 15.5. The third-order valence-electron chi connectivity index (χ3n) is 4.59. The first-order valence-electron chi connectivity index (χ1n) is 7.62. The Labute approximate surface area is 139 Å². The van der Waals surface area contributed by atoms with Crippen LogP contribution in [0.5, 0.6) is 0 Å². The van der Waals surface area contributed by atoms with Gasteiger partial charge in [0.15, 0.2) is 0 Å². The van der Waals surface area contributed by atoms with Gasteiger partial charge in [-0.2, -0.15) is 0 Å². The summed E-state index contributed by atoms with van der Waals surface area (Å²) in [6.07, 6.45) is 3.50. The minimum atomic E-state index is -0.102. The number of thiophene rings is 1. The summed E-state index contributed by atoms with van der Waals surface area (Å²) < 4.78 is 11.8. The van der Waals surface area contributed by atoms with Crippen LogP contribution in [0.4, 0.5) is 10.5 Å². The lowest BCUT2D eigenvalue weighted by Crippen LogP contribution is -2.55. The molecule has 0 bridgehead atoms. The first kappa shape index (κ1) is 16.1. The summed E-state index contributed by atoms with van der Waals surface area (Å²) in [4.78, 5) is 14.5. The van der Waals surface area contributed by atoms with Crippen LogP contribution in [0, 0.1) is 5.92 Å². The topological polar surface area (TPSA) is 50.8 Å². The highest BCUT2D eigenvalue weighted by atomic mass is 35.5. The molecule has 2 fully saturated rings. The summed E-state index contributed by atoms with van der Waals surface area (Å²) >= 11 is 7.48. The fourth-order valence-electron chi connectivity index (χ4n) is 3.49. The fourth-order valence-corrected chi connectivity index (χ4v) is 4.32. The van der Waals surface area contributed by atoms with E-state index in [0.29, 0.717) is 35.7 Å². The molecule has 3 atom stereocenters. The van der Waals surface area contributed by atoms with E-state index in [1.807, 2.05) is 16.3 Å². The maximum absolute atomic E-state index is 12.6. The molecule has 7 heteroatoms. The molecule has 2 aliphatic rings. The number of urea groups is 1. The number of nitrogens with zero attached hydrogens (tertiary/aromatic N) is 1. The van der Waals surface area contributed by atoms with Crippen LogP contribution in [0.25, 0.3) is 0 Å². The molecular weight excluding hydrogens is 324 g/mol. The molecule has 3 rings (SSSR count). The maximum Gasteiger partial charge on any atom is 0.322 e. The fraction of sp³-hybridized carbons (Fsp3) is 0.667. The second-order valence-corrected chi connectivity index (χ2v) is 7.26. The van der Waals surface area contributed by atoms with E-state index in [1.165, 1.54) is 11.3 Å². The van der Waals surface area contributed by atoms with Gasteiger partial charge in [0.05, 0.1) is 31.0 Å². The summed E-state index contributed by atoms with van der Waals surface area (Å²) in [6, 6.07) is 1.79. The molecule has 0 radical (unpaired) electrons. The van der Waals surface area contributed by atoms with Gasteiger partial charge >= 0.3 is 6.03 Å². The monoisotopic (exact) mass is 344 g/mol. The Balaban J connectivity index is 1.72. The average Bonchev–Trinajstić information content (AvgIpc) is 3.16. The van der Waals surface area contributed by atoms with E-state index in [9.17, 15) is 4.79 Å². The predicted octanol–water partition coefficient (Wildman–Crippen LogP) is 3.45. The highest BCUT2D eigenvalue weighted by molar-refractivity contribution is 7.15. The second kappa shape index (κ2) is 7.17. The van der Waals surface area contributed by atoms with E-state index in [1.54, 1.807) is 7.11 Å². The Kier molecular flexibility index (Phi) is 5.23. The van der Waals surface area contributed by atoms with Gasteiger partial charge in [-0.25, -0.2) is 4.79 Å². The van der Waals surface area contributed by atoms with E-state index in [2.05, 4.69) is 5.32 Å². The zero-order valence-electron chi connectivity index (χ0n) is 12.6. The smallest absolute Gasteiger partial charge is 0.322 e. The van der Waals surface area contributed by atoms with Crippen LogP contribution in [0.15, 0.2) is 11.4 Å². The van der Waals surface area contributed by atoms with Crippen LogP contribution >= 0.6 is 22.9 Å². The average molecular weight is 345 g/mol. The number of hydrogen-bond donors (Lipinski definition) is 1. The zero-order valence-corrected chi connectivity index (χ0v) is 14.2. The van der Waals surface area contributed by atoms with Gasteiger partial charge in [-0.05, 0) is 24.3 Å². The molecular formula is C15H21ClN2O3S. The van der Waals surface area contributed by atoms with Gasteiger partial charge in [-0.15, -0.1) is 11.3 Å². The summed E-state index contributed by atoms with van der Waals surface area (Å²) in [5.41, 5.74) is 0.677. The number of carbonyl (C=O) groups is 1. The van der Waals surface area contributed by atoms with Crippen LogP contribution in [0.3, 0.4) is 0 Å². The van der Waals surface area contributed by atoms with Gasteiger partial charge in [0.2, 0.25) is 0 Å². The van der Waals surface area contributed by atoms with Crippen LogP contribution in [-0.2, 0) is 9.47 Å². The Bertz CT molecular complexity index is 525. The van der Waals surface area contributed by atoms with Gasteiger partial charge in [-0.3, -0.25) is 0 Å². The van der Waals surface area contributed by atoms with Crippen molar-refractivity contribution in [2.75, 3.05) is 32.2 Å². The van der Waals surface area contributed by atoms with Gasteiger partial charge in [0, 0.05) is 19.6 Å². The molecule has 1 aromatic heterocycles. The Morgan fingerprint density at radius 2 is 2.41 bits per heavy atom. The highest BCUT2D eigenvalue weighted by Gasteiger charge is 2.40. The Morgan fingerprint density at radius 1 is 1.55 bits per heavy atom. The van der Waals surface area contributed by atoms with Crippen LogP contribution in [0.1, 0.15) is 19.3 Å².